The second-order valence-electron chi connectivity index (χ2n) is 13.3. The molecule has 1 aromatic heterocycles. The fourth-order valence-corrected chi connectivity index (χ4v) is 7.69. The van der Waals surface area contributed by atoms with Gasteiger partial charge in [0.1, 0.15) is 11.2 Å². The minimum Gasteiger partial charge on any atom is -0.456 e. The lowest BCUT2D eigenvalue weighted by molar-refractivity contribution is 0.669. The molecule has 0 radical (unpaired) electrons. The molecule has 0 saturated heterocycles. The molecule has 0 amide bonds. The highest BCUT2D eigenvalue weighted by Gasteiger charge is 2.20. The maximum atomic E-state index is 6.37. The van der Waals surface area contributed by atoms with Crippen LogP contribution in [0.15, 0.2) is 205 Å². The molecule has 0 atom stereocenters. The maximum absolute atomic E-state index is 6.37. The van der Waals surface area contributed by atoms with Crippen LogP contribution in [0.3, 0.4) is 0 Å². The molecule has 0 saturated carbocycles. The Labute approximate surface area is 302 Å². The van der Waals surface area contributed by atoms with E-state index in [-0.39, 0.29) is 0 Å². The van der Waals surface area contributed by atoms with E-state index in [1.807, 2.05) is 12.1 Å². The summed E-state index contributed by atoms with van der Waals surface area (Å²) in [4.78, 5) is 2.36. The van der Waals surface area contributed by atoms with E-state index in [0.717, 1.165) is 44.6 Å². The second-order valence-corrected chi connectivity index (χ2v) is 13.3. The van der Waals surface area contributed by atoms with E-state index in [1.165, 1.54) is 49.4 Å². The SMILES string of the molecule is c1cc(-c2ccc(-c3cccc4ccccc34)cc2)cc(N(c2ccc(-c3ccc4ccccc4c3)cc2)c2cccc3oc4ccccc4c23)c1. The fourth-order valence-electron chi connectivity index (χ4n) is 7.69. The minimum atomic E-state index is 0.872. The molecule has 10 rings (SSSR count). The Bertz CT molecular complexity index is 2890. The molecule has 2 nitrogen and oxygen atoms in total. The molecule has 244 valence electrons. The van der Waals surface area contributed by atoms with Crippen molar-refractivity contribution in [3.8, 4) is 33.4 Å². The molecular weight excluding hydrogens is 631 g/mol. The van der Waals surface area contributed by atoms with Gasteiger partial charge >= 0.3 is 0 Å². The van der Waals surface area contributed by atoms with Crippen molar-refractivity contribution >= 4 is 60.5 Å². The summed E-state index contributed by atoms with van der Waals surface area (Å²) in [6.07, 6.45) is 0. The van der Waals surface area contributed by atoms with Gasteiger partial charge in [-0.25, -0.2) is 0 Å². The van der Waals surface area contributed by atoms with Crippen LogP contribution in [0.2, 0.25) is 0 Å². The Morgan fingerprint density at radius 3 is 1.77 bits per heavy atom. The zero-order valence-electron chi connectivity index (χ0n) is 28.4. The van der Waals surface area contributed by atoms with Crippen LogP contribution in [0.25, 0.3) is 76.9 Å². The summed E-state index contributed by atoms with van der Waals surface area (Å²) >= 11 is 0. The molecule has 52 heavy (non-hydrogen) atoms. The molecule has 9 aromatic carbocycles. The summed E-state index contributed by atoms with van der Waals surface area (Å²) in [5, 5.41) is 7.21. The monoisotopic (exact) mass is 663 g/mol. The Morgan fingerprint density at radius 1 is 0.327 bits per heavy atom. The lowest BCUT2D eigenvalue weighted by Crippen LogP contribution is -2.10. The number of para-hydroxylation sites is 1. The predicted molar refractivity (Wildman–Crippen MR) is 220 cm³/mol. The Morgan fingerprint density at radius 2 is 0.923 bits per heavy atom. The molecule has 0 aliphatic rings. The van der Waals surface area contributed by atoms with Crippen molar-refractivity contribution < 1.29 is 4.42 Å². The quantitative estimate of drug-likeness (QED) is 0.176. The van der Waals surface area contributed by atoms with Crippen LogP contribution < -0.4 is 4.90 Å². The van der Waals surface area contributed by atoms with Gasteiger partial charge in [0.05, 0.1) is 11.1 Å². The van der Waals surface area contributed by atoms with Crippen LogP contribution in [0.4, 0.5) is 17.1 Å². The fraction of sp³-hybridized carbons (Fsp3) is 0. The third-order valence-corrected chi connectivity index (χ3v) is 10.3. The molecule has 1 heterocycles. The first kappa shape index (κ1) is 30.0. The number of anilines is 3. The molecular formula is C50H33NO. The van der Waals surface area contributed by atoms with Crippen molar-refractivity contribution in [3.05, 3.63) is 200 Å². The van der Waals surface area contributed by atoms with Crippen molar-refractivity contribution in [2.24, 2.45) is 0 Å². The van der Waals surface area contributed by atoms with Gasteiger partial charge in [-0.05, 0) is 103 Å². The third kappa shape index (κ3) is 5.21. The van der Waals surface area contributed by atoms with Crippen LogP contribution in [-0.2, 0) is 0 Å². The average molecular weight is 664 g/mol. The summed E-state index contributed by atoms with van der Waals surface area (Å²) < 4.78 is 6.37. The highest BCUT2D eigenvalue weighted by atomic mass is 16.3. The first-order valence-corrected chi connectivity index (χ1v) is 17.8. The molecule has 0 bridgehead atoms. The summed E-state index contributed by atoms with van der Waals surface area (Å²) in [5.41, 5.74) is 12.2. The number of fused-ring (bicyclic) bond motifs is 5. The van der Waals surface area contributed by atoms with E-state index in [4.69, 9.17) is 4.42 Å². The van der Waals surface area contributed by atoms with Gasteiger partial charge in [-0.15, -0.1) is 0 Å². The zero-order valence-corrected chi connectivity index (χ0v) is 28.4. The van der Waals surface area contributed by atoms with Crippen LogP contribution in [0.5, 0.6) is 0 Å². The van der Waals surface area contributed by atoms with E-state index < -0.39 is 0 Å². The largest absolute Gasteiger partial charge is 0.456 e. The Hall–Kier alpha value is -6.90. The Kier molecular flexibility index (Phi) is 7.18. The van der Waals surface area contributed by atoms with Crippen molar-refractivity contribution in [2.75, 3.05) is 4.90 Å². The van der Waals surface area contributed by atoms with Crippen molar-refractivity contribution in [1.29, 1.82) is 0 Å². The van der Waals surface area contributed by atoms with Gasteiger partial charge in [-0.2, -0.15) is 0 Å². The maximum Gasteiger partial charge on any atom is 0.137 e. The number of hydrogen-bond acceptors (Lipinski definition) is 2. The normalized spacial score (nSPS) is 11.5. The highest BCUT2D eigenvalue weighted by molar-refractivity contribution is 6.13. The van der Waals surface area contributed by atoms with Crippen molar-refractivity contribution in [1.82, 2.24) is 0 Å². The number of rotatable bonds is 6. The number of nitrogens with zero attached hydrogens (tertiary/aromatic N) is 1. The van der Waals surface area contributed by atoms with Crippen LogP contribution in [0.1, 0.15) is 0 Å². The van der Waals surface area contributed by atoms with E-state index in [9.17, 15) is 0 Å². The van der Waals surface area contributed by atoms with Gasteiger partial charge in [-0.1, -0.05) is 152 Å². The van der Waals surface area contributed by atoms with Crippen LogP contribution in [-0.4, -0.2) is 0 Å². The standard InChI is InChI=1S/C50H33NO/c1-2-12-39-32-41(27-24-34(39)10-1)36-28-30-42(31-29-36)51(47-19-9-21-49-50(47)46-17-5-6-20-48(46)52-49)43-15-7-14-40(33-43)35-22-25-38(26-23-35)45-18-8-13-37-11-3-4-16-44(37)45/h1-33H. The van der Waals surface area contributed by atoms with E-state index in [1.54, 1.807) is 0 Å². The first-order chi connectivity index (χ1) is 25.8. The highest BCUT2D eigenvalue weighted by Crippen LogP contribution is 2.44. The lowest BCUT2D eigenvalue weighted by atomic mass is 9.96. The van der Waals surface area contributed by atoms with E-state index >= 15 is 0 Å². The van der Waals surface area contributed by atoms with E-state index in [0.29, 0.717) is 0 Å². The van der Waals surface area contributed by atoms with E-state index in [2.05, 4.69) is 193 Å². The Balaban J connectivity index is 1.08. The number of hydrogen-bond donors (Lipinski definition) is 0. The van der Waals surface area contributed by atoms with Crippen molar-refractivity contribution in [2.45, 2.75) is 0 Å². The smallest absolute Gasteiger partial charge is 0.137 e. The molecule has 0 aliphatic heterocycles. The van der Waals surface area contributed by atoms with Gasteiger partial charge in [0, 0.05) is 16.8 Å². The van der Waals surface area contributed by atoms with Crippen LogP contribution in [0, 0.1) is 0 Å². The average Bonchev–Trinajstić information content (AvgIpc) is 3.61. The van der Waals surface area contributed by atoms with Gasteiger partial charge in [0.25, 0.3) is 0 Å². The lowest BCUT2D eigenvalue weighted by Gasteiger charge is -2.27. The molecule has 0 spiro atoms. The predicted octanol–water partition coefficient (Wildman–Crippen LogP) is 14.4. The topological polar surface area (TPSA) is 16.4 Å². The minimum absolute atomic E-state index is 0.872. The third-order valence-electron chi connectivity index (χ3n) is 10.3. The molecule has 0 aliphatic carbocycles. The summed E-state index contributed by atoms with van der Waals surface area (Å²) in [5.74, 6) is 0. The molecule has 0 unspecified atom stereocenters. The first-order valence-electron chi connectivity index (χ1n) is 17.8. The molecule has 0 fully saturated rings. The molecule has 10 aromatic rings. The second kappa shape index (κ2) is 12.5. The summed E-state index contributed by atoms with van der Waals surface area (Å²) in [6, 6.07) is 71.7. The van der Waals surface area contributed by atoms with Crippen molar-refractivity contribution in [3.63, 3.8) is 0 Å². The van der Waals surface area contributed by atoms with Gasteiger partial charge in [-0.3, -0.25) is 0 Å². The van der Waals surface area contributed by atoms with Gasteiger partial charge < -0.3 is 9.32 Å². The number of benzene rings is 9. The summed E-state index contributed by atoms with van der Waals surface area (Å²) in [6.45, 7) is 0. The molecule has 2 heteroatoms. The summed E-state index contributed by atoms with van der Waals surface area (Å²) in [7, 11) is 0. The molecule has 0 N–H and O–H groups in total. The zero-order chi connectivity index (χ0) is 34.4. The van der Waals surface area contributed by atoms with Gasteiger partial charge in [0.2, 0.25) is 0 Å². The van der Waals surface area contributed by atoms with Crippen LogP contribution >= 0.6 is 0 Å². The number of furan rings is 1. The van der Waals surface area contributed by atoms with Gasteiger partial charge in [0.15, 0.2) is 0 Å².